The van der Waals surface area contributed by atoms with Gasteiger partial charge < -0.3 is 39.4 Å². The Kier molecular flexibility index (Phi) is 6.70. The van der Waals surface area contributed by atoms with Gasteiger partial charge in [0.25, 0.3) is 0 Å². The molecule has 9 heteroatoms. The van der Waals surface area contributed by atoms with Gasteiger partial charge in [-0.3, -0.25) is 0 Å². The third-order valence-electron chi connectivity index (χ3n) is 11.6. The lowest BCUT2D eigenvalue weighted by Gasteiger charge is -2.63. The normalized spacial score (nSPS) is 51.4. The van der Waals surface area contributed by atoms with Gasteiger partial charge >= 0.3 is 5.63 Å². The maximum Gasteiger partial charge on any atom is 0.335 e. The molecule has 0 spiro atoms. The molecule has 1 aliphatic heterocycles. The van der Waals surface area contributed by atoms with E-state index >= 15 is 0 Å². The van der Waals surface area contributed by atoms with E-state index in [9.17, 15) is 30.3 Å². The largest absolute Gasteiger partial charge is 0.431 e. The Bertz CT molecular complexity index is 1160. The number of aliphatic hydroxyl groups excluding tert-OH is 4. The van der Waals surface area contributed by atoms with Gasteiger partial charge in [0, 0.05) is 11.5 Å². The maximum atomic E-state index is 12.4. The Morgan fingerprint density at radius 1 is 0.974 bits per heavy atom. The van der Waals surface area contributed by atoms with Crippen LogP contribution in [0.2, 0.25) is 0 Å². The van der Waals surface area contributed by atoms with Crippen molar-refractivity contribution in [3.05, 3.63) is 46.0 Å². The van der Waals surface area contributed by atoms with E-state index in [2.05, 4.69) is 13.0 Å². The van der Waals surface area contributed by atoms with Crippen LogP contribution in [0, 0.1) is 22.7 Å². The predicted octanol–water partition coefficient (Wildman–Crippen LogP) is 1.98. The summed E-state index contributed by atoms with van der Waals surface area (Å²) in [5.74, 6) is 0.0366. The molecule has 0 unspecified atom stereocenters. The maximum absolute atomic E-state index is 12.4. The summed E-state index contributed by atoms with van der Waals surface area (Å²) in [5.41, 5.74) is -0.294. The molecule has 4 aliphatic carbocycles. The lowest BCUT2D eigenvalue weighted by atomic mass is 9.44. The van der Waals surface area contributed by atoms with Crippen LogP contribution in [0.4, 0.5) is 0 Å². The molecule has 0 amide bonds. The molecule has 39 heavy (non-hydrogen) atoms. The molecule has 13 atom stereocenters. The molecule has 5 aliphatic rings. The minimum absolute atomic E-state index is 0.0345. The highest BCUT2D eigenvalue weighted by molar-refractivity contribution is 5.32. The van der Waals surface area contributed by atoms with Crippen molar-refractivity contribution < 1.29 is 39.4 Å². The van der Waals surface area contributed by atoms with Gasteiger partial charge in [0.1, 0.15) is 18.3 Å². The van der Waals surface area contributed by atoms with Crippen molar-refractivity contribution in [2.45, 2.75) is 120 Å². The Morgan fingerprint density at radius 3 is 2.46 bits per heavy atom. The van der Waals surface area contributed by atoms with Gasteiger partial charge in [-0.1, -0.05) is 25.5 Å². The van der Waals surface area contributed by atoms with E-state index in [1.54, 1.807) is 13.0 Å². The molecule has 1 aromatic rings. The molecule has 0 radical (unpaired) electrons. The molecule has 2 heterocycles. The zero-order valence-corrected chi connectivity index (χ0v) is 22.9. The Balaban J connectivity index is 1.24. The lowest BCUT2D eigenvalue weighted by molar-refractivity contribution is -0.301. The summed E-state index contributed by atoms with van der Waals surface area (Å²) in [6.45, 7) is 5.90. The second-order valence-electron chi connectivity index (χ2n) is 13.2. The highest BCUT2D eigenvalue weighted by Crippen LogP contribution is 2.70. The quantitative estimate of drug-likeness (QED) is 0.359. The van der Waals surface area contributed by atoms with Crippen molar-refractivity contribution >= 4 is 0 Å². The number of aliphatic hydroxyl groups is 5. The standard InChI is InChI=1S/C30H42O9/c1-15-24(33)25(34)26(35)27(38-15)39-18-8-10-28(2)17(12-18)5-6-20-21(28)13-22(31)29(3)19(9-11-30(20,29)36)16-4-7-23(32)37-14-16/h4,7,12,14-15,18-22,24-27,31,33-36H,5-6,8-11,13H2,1-3H3/t15-,18-,19-,20+,21-,22-,24-,25+,26+,27-,28-,29-,30-/m0/s1. The van der Waals surface area contributed by atoms with Crippen LogP contribution < -0.4 is 5.63 Å². The molecule has 9 nitrogen and oxygen atoms in total. The molecule has 4 fully saturated rings. The van der Waals surface area contributed by atoms with Crippen LogP contribution in [-0.4, -0.2) is 74.0 Å². The van der Waals surface area contributed by atoms with Crippen molar-refractivity contribution in [1.82, 2.24) is 0 Å². The van der Waals surface area contributed by atoms with Crippen LogP contribution >= 0.6 is 0 Å². The first-order valence-corrected chi connectivity index (χ1v) is 14.5. The van der Waals surface area contributed by atoms with Gasteiger partial charge in [-0.05, 0) is 86.7 Å². The molecule has 1 saturated heterocycles. The summed E-state index contributed by atoms with van der Waals surface area (Å²) in [7, 11) is 0. The number of hydrogen-bond donors (Lipinski definition) is 5. The van der Waals surface area contributed by atoms with Gasteiger partial charge in [-0.15, -0.1) is 0 Å². The third kappa shape index (κ3) is 3.95. The minimum Gasteiger partial charge on any atom is -0.431 e. The van der Waals surface area contributed by atoms with Crippen molar-refractivity contribution in [2.24, 2.45) is 22.7 Å². The zero-order valence-electron chi connectivity index (χ0n) is 22.9. The van der Waals surface area contributed by atoms with Gasteiger partial charge in [-0.2, -0.15) is 0 Å². The number of allylic oxidation sites excluding steroid dienone is 1. The van der Waals surface area contributed by atoms with E-state index in [1.807, 2.05) is 6.92 Å². The molecular formula is C30H42O9. The fraction of sp³-hybridized carbons (Fsp3) is 0.767. The number of ether oxygens (including phenoxy) is 2. The fourth-order valence-corrected chi connectivity index (χ4v) is 9.16. The number of rotatable bonds is 3. The van der Waals surface area contributed by atoms with Crippen LogP contribution in [-0.2, 0) is 9.47 Å². The van der Waals surface area contributed by atoms with Crippen LogP contribution in [0.3, 0.4) is 0 Å². The second kappa shape index (κ2) is 9.48. The Labute approximate surface area is 228 Å². The van der Waals surface area contributed by atoms with Crippen LogP contribution in [0.5, 0.6) is 0 Å². The average Bonchev–Trinajstić information content (AvgIpc) is 3.20. The number of hydrogen-bond acceptors (Lipinski definition) is 9. The first-order chi connectivity index (χ1) is 18.4. The molecular weight excluding hydrogens is 504 g/mol. The van der Waals surface area contributed by atoms with Crippen LogP contribution in [0.25, 0.3) is 0 Å². The molecule has 0 bridgehead atoms. The highest BCUT2D eigenvalue weighted by atomic mass is 16.7. The average molecular weight is 547 g/mol. The Hall–Kier alpha value is -1.59. The van der Waals surface area contributed by atoms with Gasteiger partial charge in [0.05, 0.1) is 30.2 Å². The molecule has 3 saturated carbocycles. The SMILES string of the molecule is C[C@@H]1O[C@@H](O[C@@H]2C=C3CC[C@@H]4[C@H](C[C@H](O)[C@]5(C)[C@H](c6ccc(=O)oc6)CC[C@]45O)[C@@]3(C)CC2)[C@H](O)[C@H](O)[C@H]1O. The van der Waals surface area contributed by atoms with E-state index in [4.69, 9.17) is 13.9 Å². The molecule has 1 aromatic heterocycles. The van der Waals surface area contributed by atoms with Crippen molar-refractivity contribution in [3.63, 3.8) is 0 Å². The topological polar surface area (TPSA) is 150 Å². The summed E-state index contributed by atoms with van der Waals surface area (Å²) in [6.07, 6.45) is 2.04. The zero-order chi connectivity index (χ0) is 27.9. The third-order valence-corrected chi connectivity index (χ3v) is 11.6. The van der Waals surface area contributed by atoms with Gasteiger partial charge in [0.2, 0.25) is 0 Å². The van der Waals surface area contributed by atoms with Gasteiger partial charge in [0.15, 0.2) is 6.29 Å². The van der Waals surface area contributed by atoms with E-state index < -0.39 is 53.5 Å². The van der Waals surface area contributed by atoms with Crippen molar-refractivity contribution in [2.75, 3.05) is 0 Å². The monoisotopic (exact) mass is 546 g/mol. The van der Waals surface area contributed by atoms with E-state index in [1.165, 1.54) is 17.9 Å². The molecule has 6 rings (SSSR count). The van der Waals surface area contributed by atoms with E-state index in [0.29, 0.717) is 19.3 Å². The van der Waals surface area contributed by atoms with Gasteiger partial charge in [-0.25, -0.2) is 4.79 Å². The Morgan fingerprint density at radius 2 is 1.74 bits per heavy atom. The summed E-state index contributed by atoms with van der Waals surface area (Å²) in [5, 5.41) is 54.7. The predicted molar refractivity (Wildman–Crippen MR) is 140 cm³/mol. The van der Waals surface area contributed by atoms with E-state index in [0.717, 1.165) is 31.2 Å². The molecule has 0 aromatic carbocycles. The smallest absolute Gasteiger partial charge is 0.335 e. The summed E-state index contributed by atoms with van der Waals surface area (Å²) in [4.78, 5) is 11.6. The number of fused-ring (bicyclic) bond motifs is 5. The second-order valence-corrected chi connectivity index (χ2v) is 13.2. The molecule has 216 valence electrons. The summed E-state index contributed by atoms with van der Waals surface area (Å²) in [6, 6.07) is 3.18. The first-order valence-electron chi connectivity index (χ1n) is 14.5. The highest BCUT2D eigenvalue weighted by Gasteiger charge is 2.70. The van der Waals surface area contributed by atoms with Crippen LogP contribution in [0.15, 0.2) is 39.3 Å². The van der Waals surface area contributed by atoms with Crippen molar-refractivity contribution in [3.8, 4) is 0 Å². The summed E-state index contributed by atoms with van der Waals surface area (Å²) >= 11 is 0. The lowest BCUT2D eigenvalue weighted by Crippen LogP contribution is -2.65. The first kappa shape index (κ1) is 27.6. The van der Waals surface area contributed by atoms with Crippen molar-refractivity contribution in [1.29, 1.82) is 0 Å². The van der Waals surface area contributed by atoms with E-state index in [-0.39, 0.29) is 29.3 Å². The van der Waals surface area contributed by atoms with Crippen LogP contribution in [0.1, 0.15) is 77.2 Å². The summed E-state index contributed by atoms with van der Waals surface area (Å²) < 4.78 is 16.9. The minimum atomic E-state index is -1.34. The molecule has 5 N–H and O–H groups in total. The fourth-order valence-electron chi connectivity index (χ4n) is 9.16.